The fraction of sp³-hybridized carbons (Fsp3) is 0.250. The molecule has 1 aromatic carbocycles. The number of ether oxygens (including phenoxy) is 2. The van der Waals surface area contributed by atoms with Gasteiger partial charge in [0.1, 0.15) is 24.3 Å². The van der Waals surface area contributed by atoms with Crippen molar-refractivity contribution in [3.63, 3.8) is 0 Å². The standard InChI is InChI=1S/C20H22N6O4/c1-13-21-18(25(2)3)16(17(24-29-5)20(27)28-4)19(22-13)30-15-11-12-26(23-15)14-9-7-6-8-10-14/h6-12H,1-5H3. The highest BCUT2D eigenvalue weighted by atomic mass is 16.6. The molecule has 0 atom stereocenters. The van der Waals surface area contributed by atoms with Crippen molar-refractivity contribution in [2.24, 2.45) is 5.16 Å². The van der Waals surface area contributed by atoms with Gasteiger partial charge in [-0.25, -0.2) is 14.5 Å². The second kappa shape index (κ2) is 9.03. The second-order valence-electron chi connectivity index (χ2n) is 6.32. The summed E-state index contributed by atoms with van der Waals surface area (Å²) in [5.41, 5.74) is 0.978. The number of hydrogen-bond acceptors (Lipinski definition) is 9. The lowest BCUT2D eigenvalue weighted by Crippen LogP contribution is -2.24. The molecule has 0 saturated carbocycles. The van der Waals surface area contributed by atoms with Crippen molar-refractivity contribution in [2.75, 3.05) is 33.2 Å². The monoisotopic (exact) mass is 410 g/mol. The van der Waals surface area contributed by atoms with Crippen molar-refractivity contribution in [1.82, 2.24) is 19.7 Å². The number of aryl methyl sites for hydroxylation is 1. The first-order valence-electron chi connectivity index (χ1n) is 8.99. The molecule has 3 rings (SSSR count). The smallest absolute Gasteiger partial charge is 0.361 e. The maximum Gasteiger partial charge on any atom is 0.361 e. The summed E-state index contributed by atoms with van der Waals surface area (Å²) >= 11 is 0. The molecule has 3 aromatic rings. The number of nitrogens with zero attached hydrogens (tertiary/aromatic N) is 6. The van der Waals surface area contributed by atoms with Crippen LogP contribution < -0.4 is 9.64 Å². The minimum atomic E-state index is -0.716. The number of oxime groups is 1. The van der Waals surface area contributed by atoms with E-state index in [-0.39, 0.29) is 23.0 Å². The summed E-state index contributed by atoms with van der Waals surface area (Å²) in [5.74, 6) is 0.532. The Hall–Kier alpha value is -3.95. The minimum Gasteiger partial charge on any atom is -0.464 e. The highest BCUT2D eigenvalue weighted by Gasteiger charge is 2.28. The normalized spacial score (nSPS) is 11.2. The third kappa shape index (κ3) is 4.37. The Labute approximate surface area is 173 Å². The summed E-state index contributed by atoms with van der Waals surface area (Å²) in [7, 11) is 6.14. The molecule has 0 radical (unpaired) electrons. The fourth-order valence-corrected chi connectivity index (χ4v) is 2.70. The van der Waals surface area contributed by atoms with Crippen molar-refractivity contribution in [2.45, 2.75) is 6.92 Å². The number of esters is 1. The van der Waals surface area contributed by atoms with Gasteiger partial charge >= 0.3 is 5.97 Å². The number of hydrogen-bond donors (Lipinski definition) is 0. The molecule has 2 heterocycles. The van der Waals surface area contributed by atoms with Crippen LogP contribution in [-0.4, -0.2) is 59.7 Å². The van der Waals surface area contributed by atoms with Gasteiger partial charge in [-0.1, -0.05) is 23.4 Å². The van der Waals surface area contributed by atoms with Crippen LogP contribution in [-0.2, 0) is 14.4 Å². The molecule has 10 heteroatoms. The lowest BCUT2D eigenvalue weighted by atomic mass is 10.1. The van der Waals surface area contributed by atoms with E-state index in [9.17, 15) is 4.79 Å². The van der Waals surface area contributed by atoms with E-state index >= 15 is 0 Å². The molecule has 0 unspecified atom stereocenters. The van der Waals surface area contributed by atoms with E-state index in [1.165, 1.54) is 14.2 Å². The molecule has 0 aliphatic heterocycles. The molecule has 0 aliphatic rings. The highest BCUT2D eigenvalue weighted by Crippen LogP contribution is 2.30. The Morgan fingerprint density at radius 2 is 1.83 bits per heavy atom. The molecular weight excluding hydrogens is 388 g/mol. The van der Waals surface area contributed by atoms with Gasteiger partial charge in [0.05, 0.1) is 12.8 Å². The molecule has 0 amide bonds. The van der Waals surface area contributed by atoms with Crippen molar-refractivity contribution >= 4 is 17.5 Å². The number of benzene rings is 1. The van der Waals surface area contributed by atoms with Gasteiger partial charge in [0.2, 0.25) is 17.5 Å². The average Bonchev–Trinajstić information content (AvgIpc) is 3.20. The number of rotatable bonds is 7. The Morgan fingerprint density at radius 3 is 2.47 bits per heavy atom. The summed E-state index contributed by atoms with van der Waals surface area (Å²) in [5, 5.41) is 8.25. The van der Waals surface area contributed by atoms with Gasteiger partial charge < -0.3 is 19.2 Å². The SMILES string of the molecule is CON=C(C(=O)OC)c1c(Oc2ccn(-c3ccccc3)n2)nc(C)nc1N(C)C. The first-order valence-corrected chi connectivity index (χ1v) is 8.99. The Kier molecular flexibility index (Phi) is 6.26. The van der Waals surface area contributed by atoms with Crippen LogP contribution in [0.15, 0.2) is 47.8 Å². The number of methoxy groups -OCH3 is 1. The van der Waals surface area contributed by atoms with E-state index in [1.807, 2.05) is 30.3 Å². The third-order valence-corrected chi connectivity index (χ3v) is 3.98. The fourth-order valence-electron chi connectivity index (χ4n) is 2.70. The van der Waals surface area contributed by atoms with Gasteiger partial charge in [-0.15, -0.1) is 5.10 Å². The maximum absolute atomic E-state index is 12.4. The van der Waals surface area contributed by atoms with Crippen molar-refractivity contribution in [3.05, 3.63) is 54.0 Å². The largest absolute Gasteiger partial charge is 0.464 e. The second-order valence-corrected chi connectivity index (χ2v) is 6.32. The molecule has 0 aliphatic carbocycles. The van der Waals surface area contributed by atoms with E-state index in [4.69, 9.17) is 14.3 Å². The zero-order chi connectivity index (χ0) is 21.7. The van der Waals surface area contributed by atoms with Gasteiger partial charge in [-0.3, -0.25) is 0 Å². The molecule has 0 spiro atoms. The number of carbonyl (C=O) groups is 1. The average molecular weight is 410 g/mol. The molecule has 0 bridgehead atoms. The lowest BCUT2D eigenvalue weighted by molar-refractivity contribution is -0.132. The van der Waals surface area contributed by atoms with Crippen LogP contribution in [0.4, 0.5) is 5.82 Å². The van der Waals surface area contributed by atoms with Gasteiger partial charge in [-0.05, 0) is 19.1 Å². The van der Waals surface area contributed by atoms with Crippen LogP contribution >= 0.6 is 0 Å². The summed E-state index contributed by atoms with van der Waals surface area (Å²) < 4.78 is 12.5. The number of para-hydroxylation sites is 1. The Bertz CT molecular complexity index is 1060. The summed E-state index contributed by atoms with van der Waals surface area (Å²) in [6.07, 6.45) is 1.76. The predicted molar refractivity (Wildman–Crippen MR) is 110 cm³/mol. The van der Waals surface area contributed by atoms with E-state index in [0.29, 0.717) is 11.6 Å². The Morgan fingerprint density at radius 1 is 1.10 bits per heavy atom. The molecule has 0 N–H and O–H groups in total. The first-order chi connectivity index (χ1) is 14.4. The van der Waals surface area contributed by atoms with E-state index in [0.717, 1.165) is 5.69 Å². The quantitative estimate of drug-likeness (QED) is 0.332. The molecule has 156 valence electrons. The van der Waals surface area contributed by atoms with E-state index in [2.05, 4.69) is 20.2 Å². The van der Waals surface area contributed by atoms with Crippen LogP contribution in [0.1, 0.15) is 11.4 Å². The summed E-state index contributed by atoms with van der Waals surface area (Å²) in [4.78, 5) is 27.7. The van der Waals surface area contributed by atoms with Gasteiger partial charge in [0.15, 0.2) is 0 Å². The van der Waals surface area contributed by atoms with Gasteiger partial charge in [-0.2, -0.15) is 4.98 Å². The number of anilines is 1. The van der Waals surface area contributed by atoms with Crippen molar-refractivity contribution in [3.8, 4) is 17.4 Å². The summed E-state index contributed by atoms with van der Waals surface area (Å²) in [6.45, 7) is 1.72. The molecule has 10 nitrogen and oxygen atoms in total. The molecule has 0 fully saturated rings. The maximum atomic E-state index is 12.4. The van der Waals surface area contributed by atoms with Crippen molar-refractivity contribution < 1.29 is 19.1 Å². The minimum absolute atomic E-state index is 0.103. The Balaban J connectivity index is 2.09. The van der Waals surface area contributed by atoms with Crippen molar-refractivity contribution in [1.29, 1.82) is 0 Å². The highest BCUT2D eigenvalue weighted by molar-refractivity contribution is 6.44. The van der Waals surface area contributed by atoms with Crippen LogP contribution in [0.5, 0.6) is 11.8 Å². The molecule has 0 saturated heterocycles. The van der Waals surface area contributed by atoms with Crippen LogP contribution in [0.2, 0.25) is 0 Å². The van der Waals surface area contributed by atoms with E-state index in [1.54, 1.807) is 42.9 Å². The molecule has 30 heavy (non-hydrogen) atoms. The lowest BCUT2D eigenvalue weighted by Gasteiger charge is -2.19. The number of aromatic nitrogens is 4. The summed E-state index contributed by atoms with van der Waals surface area (Å²) in [6, 6.07) is 11.3. The van der Waals surface area contributed by atoms with Crippen LogP contribution in [0, 0.1) is 6.92 Å². The first kappa shape index (κ1) is 20.8. The zero-order valence-corrected chi connectivity index (χ0v) is 17.4. The molecular formula is C20H22N6O4. The third-order valence-electron chi connectivity index (χ3n) is 3.98. The topological polar surface area (TPSA) is 104 Å². The molecule has 2 aromatic heterocycles. The predicted octanol–water partition coefficient (Wildman–Crippen LogP) is 2.35. The van der Waals surface area contributed by atoms with Crippen LogP contribution in [0.25, 0.3) is 5.69 Å². The zero-order valence-electron chi connectivity index (χ0n) is 17.4. The van der Waals surface area contributed by atoms with Gasteiger partial charge in [0, 0.05) is 26.4 Å². The van der Waals surface area contributed by atoms with E-state index < -0.39 is 5.97 Å². The van der Waals surface area contributed by atoms with Crippen LogP contribution in [0.3, 0.4) is 0 Å². The van der Waals surface area contributed by atoms with Gasteiger partial charge in [0.25, 0.3) is 0 Å². The number of carbonyl (C=O) groups excluding carboxylic acids is 1.